The van der Waals surface area contributed by atoms with Crippen molar-refractivity contribution in [3.63, 3.8) is 0 Å². The van der Waals surface area contributed by atoms with Crippen LogP contribution in [0.2, 0.25) is 0 Å². The fourth-order valence-corrected chi connectivity index (χ4v) is 5.81. The lowest BCUT2D eigenvalue weighted by Crippen LogP contribution is -2.41. The summed E-state index contributed by atoms with van der Waals surface area (Å²) in [6.45, 7) is 5.48. The number of nitrogens with zero attached hydrogens (tertiary/aromatic N) is 2. The molecule has 1 aromatic rings. The molecule has 0 spiro atoms. The van der Waals surface area contributed by atoms with Gasteiger partial charge in [-0.05, 0) is 69.6 Å². The molecule has 1 saturated carbocycles. The molecule has 1 aromatic carbocycles. The Hall–Kier alpha value is -1.80. The van der Waals surface area contributed by atoms with Crippen LogP contribution in [0.5, 0.6) is 5.75 Å². The van der Waals surface area contributed by atoms with Crippen LogP contribution in [-0.4, -0.2) is 56.4 Å². The zero-order chi connectivity index (χ0) is 21.0. The minimum Gasteiger partial charge on any atom is -0.492 e. The molecule has 3 rings (SSSR count). The fourth-order valence-electron chi connectivity index (χ4n) is 4.14. The molecule has 1 heterocycles. The minimum atomic E-state index is -3.65. The molecular formula is C21H33N3O4S. The van der Waals surface area contributed by atoms with E-state index in [-0.39, 0.29) is 17.0 Å². The molecule has 1 N–H and O–H groups in total. The number of carbonyl (C=O) groups is 1. The van der Waals surface area contributed by atoms with Crippen LogP contribution < -0.4 is 10.1 Å². The van der Waals surface area contributed by atoms with Crippen LogP contribution in [0.15, 0.2) is 23.1 Å². The second-order valence-electron chi connectivity index (χ2n) is 8.16. The standard InChI is InChI=1S/C21H33N3O4S/c1-4-28-19-12-9-17(15-20(19)29(26,27)24-13-5-6-14-24)22-21(25)23(3)18-10-7-16(2)8-11-18/h9,12,15-16,18H,4-8,10-11,13-14H2,1-3H3,(H,22,25). The first kappa shape index (κ1) is 21.9. The van der Waals surface area contributed by atoms with Crippen LogP contribution >= 0.6 is 0 Å². The highest BCUT2D eigenvalue weighted by Crippen LogP contribution is 2.32. The predicted octanol–water partition coefficient (Wildman–Crippen LogP) is 3.91. The second kappa shape index (κ2) is 9.34. The summed E-state index contributed by atoms with van der Waals surface area (Å²) in [6, 6.07) is 4.86. The van der Waals surface area contributed by atoms with Gasteiger partial charge >= 0.3 is 6.03 Å². The van der Waals surface area contributed by atoms with Gasteiger partial charge in [0.15, 0.2) is 0 Å². The van der Waals surface area contributed by atoms with E-state index in [1.807, 2.05) is 14.0 Å². The largest absolute Gasteiger partial charge is 0.492 e. The van der Waals surface area contributed by atoms with Crippen LogP contribution in [0.4, 0.5) is 10.5 Å². The number of carbonyl (C=O) groups excluding carboxylic acids is 1. The summed E-state index contributed by atoms with van der Waals surface area (Å²) in [5.41, 5.74) is 0.465. The Bertz CT molecular complexity index is 813. The second-order valence-corrected chi connectivity index (χ2v) is 10.1. The smallest absolute Gasteiger partial charge is 0.321 e. The number of sulfonamides is 1. The topological polar surface area (TPSA) is 79.0 Å². The molecular weight excluding hydrogens is 390 g/mol. The number of anilines is 1. The molecule has 2 aliphatic rings. The zero-order valence-electron chi connectivity index (χ0n) is 17.7. The number of rotatable bonds is 6. The Labute approximate surface area is 174 Å². The van der Waals surface area contributed by atoms with Crippen LogP contribution in [-0.2, 0) is 10.0 Å². The first-order valence-corrected chi connectivity index (χ1v) is 12.1. The average Bonchev–Trinajstić information content (AvgIpc) is 3.25. The van der Waals surface area contributed by atoms with E-state index in [9.17, 15) is 13.2 Å². The Kier molecular flexibility index (Phi) is 7.05. The Morgan fingerprint density at radius 1 is 1.21 bits per heavy atom. The minimum absolute atomic E-state index is 0.119. The van der Waals surface area contributed by atoms with Crippen molar-refractivity contribution in [1.82, 2.24) is 9.21 Å². The third-order valence-electron chi connectivity index (χ3n) is 6.03. The summed E-state index contributed by atoms with van der Waals surface area (Å²) < 4.78 is 33.3. The van der Waals surface area contributed by atoms with Crippen molar-refractivity contribution in [2.24, 2.45) is 5.92 Å². The van der Waals surface area contributed by atoms with Crippen LogP contribution in [0, 0.1) is 5.92 Å². The lowest BCUT2D eigenvalue weighted by molar-refractivity contribution is 0.175. The Balaban J connectivity index is 1.78. The molecule has 0 radical (unpaired) electrons. The molecule has 0 unspecified atom stereocenters. The van der Waals surface area contributed by atoms with E-state index >= 15 is 0 Å². The van der Waals surface area contributed by atoms with E-state index in [2.05, 4.69) is 12.2 Å². The van der Waals surface area contributed by atoms with Gasteiger partial charge in [-0.1, -0.05) is 6.92 Å². The third kappa shape index (κ3) is 5.04. The van der Waals surface area contributed by atoms with Crippen molar-refractivity contribution in [1.29, 1.82) is 0 Å². The van der Waals surface area contributed by atoms with Gasteiger partial charge in [0.2, 0.25) is 10.0 Å². The third-order valence-corrected chi connectivity index (χ3v) is 7.95. The lowest BCUT2D eigenvalue weighted by Gasteiger charge is -2.33. The molecule has 0 atom stereocenters. The highest BCUT2D eigenvalue weighted by Gasteiger charge is 2.31. The van der Waals surface area contributed by atoms with Crippen LogP contribution in [0.1, 0.15) is 52.4 Å². The van der Waals surface area contributed by atoms with E-state index in [0.717, 1.165) is 38.5 Å². The Morgan fingerprint density at radius 3 is 2.48 bits per heavy atom. The first-order chi connectivity index (χ1) is 13.8. The molecule has 0 bridgehead atoms. The average molecular weight is 424 g/mol. The van der Waals surface area contributed by atoms with E-state index in [1.165, 1.54) is 10.4 Å². The number of amides is 2. The van der Waals surface area contributed by atoms with Gasteiger partial charge in [-0.15, -0.1) is 0 Å². The first-order valence-electron chi connectivity index (χ1n) is 10.6. The van der Waals surface area contributed by atoms with Gasteiger partial charge in [0.05, 0.1) is 6.61 Å². The van der Waals surface area contributed by atoms with E-state index < -0.39 is 10.0 Å². The predicted molar refractivity (Wildman–Crippen MR) is 114 cm³/mol. The lowest BCUT2D eigenvalue weighted by atomic mass is 9.87. The number of ether oxygens (including phenoxy) is 1. The summed E-state index contributed by atoms with van der Waals surface area (Å²) in [5.74, 6) is 1.04. The molecule has 1 aliphatic heterocycles. The van der Waals surface area contributed by atoms with Gasteiger partial charge < -0.3 is 15.0 Å². The number of hydrogen-bond acceptors (Lipinski definition) is 4. The van der Waals surface area contributed by atoms with Gasteiger partial charge in [0.25, 0.3) is 0 Å². The van der Waals surface area contributed by atoms with Gasteiger partial charge in [0, 0.05) is 31.9 Å². The Morgan fingerprint density at radius 2 is 1.86 bits per heavy atom. The molecule has 1 aliphatic carbocycles. The molecule has 0 aromatic heterocycles. The molecule has 29 heavy (non-hydrogen) atoms. The molecule has 1 saturated heterocycles. The van der Waals surface area contributed by atoms with Crippen molar-refractivity contribution in [2.75, 3.05) is 32.1 Å². The van der Waals surface area contributed by atoms with Crippen molar-refractivity contribution >= 4 is 21.7 Å². The number of benzene rings is 1. The molecule has 7 nitrogen and oxygen atoms in total. The number of hydrogen-bond donors (Lipinski definition) is 1. The maximum Gasteiger partial charge on any atom is 0.321 e. The SMILES string of the molecule is CCOc1ccc(NC(=O)N(C)C2CCC(C)CC2)cc1S(=O)(=O)N1CCCC1. The summed E-state index contributed by atoms with van der Waals surface area (Å²) in [6.07, 6.45) is 5.99. The van der Waals surface area contributed by atoms with Crippen molar-refractivity contribution < 1.29 is 17.9 Å². The van der Waals surface area contributed by atoms with Crippen LogP contribution in [0.3, 0.4) is 0 Å². The fraction of sp³-hybridized carbons (Fsp3) is 0.667. The molecule has 2 fully saturated rings. The summed E-state index contributed by atoms with van der Waals surface area (Å²) in [4.78, 5) is 14.6. The van der Waals surface area contributed by atoms with Gasteiger partial charge in [-0.25, -0.2) is 13.2 Å². The summed E-state index contributed by atoms with van der Waals surface area (Å²) in [5, 5.41) is 2.87. The van der Waals surface area contributed by atoms with Crippen molar-refractivity contribution in [3.8, 4) is 5.75 Å². The quantitative estimate of drug-likeness (QED) is 0.752. The van der Waals surface area contributed by atoms with Gasteiger partial charge in [-0.2, -0.15) is 4.31 Å². The van der Waals surface area contributed by atoms with E-state index in [4.69, 9.17) is 4.74 Å². The van der Waals surface area contributed by atoms with Crippen molar-refractivity contribution in [2.45, 2.75) is 63.3 Å². The van der Waals surface area contributed by atoms with E-state index in [0.29, 0.717) is 37.1 Å². The van der Waals surface area contributed by atoms with Gasteiger partial charge in [-0.3, -0.25) is 0 Å². The number of nitrogens with one attached hydrogen (secondary N) is 1. The highest BCUT2D eigenvalue weighted by molar-refractivity contribution is 7.89. The van der Waals surface area contributed by atoms with Crippen LogP contribution in [0.25, 0.3) is 0 Å². The normalized spacial score (nSPS) is 23.0. The van der Waals surface area contributed by atoms with Gasteiger partial charge in [0.1, 0.15) is 10.6 Å². The summed E-state index contributed by atoms with van der Waals surface area (Å²) in [7, 11) is -1.84. The molecule has 8 heteroatoms. The monoisotopic (exact) mass is 423 g/mol. The van der Waals surface area contributed by atoms with Crippen molar-refractivity contribution in [3.05, 3.63) is 18.2 Å². The number of urea groups is 1. The van der Waals surface area contributed by atoms with E-state index in [1.54, 1.807) is 17.0 Å². The molecule has 162 valence electrons. The maximum atomic E-state index is 13.1. The summed E-state index contributed by atoms with van der Waals surface area (Å²) >= 11 is 0. The molecule has 2 amide bonds. The maximum absolute atomic E-state index is 13.1. The highest BCUT2D eigenvalue weighted by atomic mass is 32.2. The zero-order valence-corrected chi connectivity index (χ0v) is 18.5.